The quantitative estimate of drug-likeness (QED) is 0.421. The molecule has 0 amide bonds. The maximum absolute atomic E-state index is 11.8. The third kappa shape index (κ3) is 8.86. The van der Waals surface area contributed by atoms with E-state index in [1.165, 1.54) is 6.66 Å². The highest BCUT2D eigenvalue weighted by molar-refractivity contribution is 7.52. The molecule has 0 heterocycles. The molecule has 0 bridgehead atoms. The van der Waals surface area contributed by atoms with Crippen molar-refractivity contribution in [1.29, 1.82) is 0 Å². The molecular weight excluding hydrogens is 299 g/mol. The van der Waals surface area contributed by atoms with E-state index in [1.807, 2.05) is 0 Å². The van der Waals surface area contributed by atoms with Crippen molar-refractivity contribution in [3.05, 3.63) is 0 Å². The van der Waals surface area contributed by atoms with Crippen LogP contribution < -0.4 is 0 Å². The van der Waals surface area contributed by atoms with Gasteiger partial charge in [-0.25, -0.2) is 0 Å². The van der Waals surface area contributed by atoms with Crippen LogP contribution in [-0.4, -0.2) is 32.2 Å². The Bertz CT molecular complexity index is 381. The predicted octanol–water partition coefficient (Wildman–Crippen LogP) is 2.94. The third-order valence-electron chi connectivity index (χ3n) is 2.18. The van der Waals surface area contributed by atoms with Crippen molar-refractivity contribution >= 4 is 19.5 Å². The first-order valence-corrected chi connectivity index (χ1v) is 8.46. The fraction of sp³-hybridized carbons (Fsp3) is 0.846. The van der Waals surface area contributed by atoms with E-state index in [-0.39, 0.29) is 0 Å². The van der Waals surface area contributed by atoms with Gasteiger partial charge < -0.3 is 9.47 Å². The summed E-state index contributed by atoms with van der Waals surface area (Å²) in [5.74, 6) is -0.969. The van der Waals surface area contributed by atoms with Gasteiger partial charge in [-0.1, -0.05) is 0 Å². The summed E-state index contributed by atoms with van der Waals surface area (Å²) in [5, 5.41) is 0. The van der Waals surface area contributed by atoms with Crippen LogP contribution in [0, 0.1) is 10.8 Å². The number of ether oxygens (including phenoxy) is 2. The zero-order valence-electron chi connectivity index (χ0n) is 13.7. The van der Waals surface area contributed by atoms with Gasteiger partial charge in [-0.2, -0.15) is 0 Å². The zero-order chi connectivity index (χ0) is 16.9. The van der Waals surface area contributed by atoms with Gasteiger partial charge in [0, 0.05) is 6.66 Å². The molecule has 124 valence electrons. The molecule has 0 aliphatic rings. The van der Waals surface area contributed by atoms with Gasteiger partial charge in [-0.15, -0.1) is 0 Å². The normalized spacial score (nSPS) is 12.9. The second-order valence-electron chi connectivity index (χ2n) is 6.63. The molecule has 7 nitrogen and oxygen atoms in total. The summed E-state index contributed by atoms with van der Waals surface area (Å²) in [6, 6.07) is 0. The van der Waals surface area contributed by atoms with Gasteiger partial charge in [0.05, 0.1) is 10.8 Å². The fourth-order valence-corrected chi connectivity index (χ4v) is 1.38. The Labute approximate surface area is 125 Å². The van der Waals surface area contributed by atoms with E-state index in [2.05, 4.69) is 0 Å². The summed E-state index contributed by atoms with van der Waals surface area (Å²) in [6.07, 6.45) is 0. The number of esters is 2. The highest BCUT2D eigenvalue weighted by Crippen LogP contribution is 2.43. The Balaban J connectivity index is 4.09. The summed E-state index contributed by atoms with van der Waals surface area (Å²) < 4.78 is 31.2. The van der Waals surface area contributed by atoms with E-state index in [0.717, 1.165) is 0 Å². The molecule has 21 heavy (non-hydrogen) atoms. The molecule has 8 heteroatoms. The van der Waals surface area contributed by atoms with Crippen LogP contribution >= 0.6 is 7.60 Å². The van der Waals surface area contributed by atoms with E-state index in [4.69, 9.17) is 18.5 Å². The standard InChI is InChI=1S/C13H25O7P/c1-12(2,3)10(14)17-8-19-21(7,16)20-9-18-11(15)13(4,5)6/h8-9H2,1-7H3. The fourth-order valence-electron chi connectivity index (χ4n) is 0.821. The molecule has 0 unspecified atom stereocenters. The number of carbonyl (C=O) groups is 2. The monoisotopic (exact) mass is 324 g/mol. The van der Waals surface area contributed by atoms with Gasteiger partial charge in [-0.3, -0.25) is 23.2 Å². The molecule has 0 saturated carbocycles. The summed E-state index contributed by atoms with van der Waals surface area (Å²) in [6.45, 7) is 10.3. The average Bonchev–Trinajstić information content (AvgIpc) is 2.25. The van der Waals surface area contributed by atoms with Crippen LogP contribution in [0.4, 0.5) is 0 Å². The lowest BCUT2D eigenvalue weighted by molar-refractivity contribution is -0.161. The second-order valence-corrected chi connectivity index (χ2v) is 8.69. The first-order valence-electron chi connectivity index (χ1n) is 6.47. The van der Waals surface area contributed by atoms with Crippen LogP contribution in [0.15, 0.2) is 0 Å². The predicted molar refractivity (Wildman–Crippen MR) is 76.5 cm³/mol. The summed E-state index contributed by atoms with van der Waals surface area (Å²) in [7, 11) is -3.46. The van der Waals surface area contributed by atoms with Gasteiger partial charge in [0.25, 0.3) is 0 Å². The van der Waals surface area contributed by atoms with Crippen LogP contribution in [0.5, 0.6) is 0 Å². The average molecular weight is 324 g/mol. The smallest absolute Gasteiger partial charge is 0.333 e. The molecular formula is C13H25O7P. The molecule has 0 aromatic heterocycles. The molecule has 0 aliphatic heterocycles. The molecule has 0 radical (unpaired) electrons. The first kappa shape index (κ1) is 20.1. The van der Waals surface area contributed by atoms with E-state index in [0.29, 0.717) is 0 Å². The van der Waals surface area contributed by atoms with E-state index >= 15 is 0 Å². The van der Waals surface area contributed by atoms with Crippen molar-refractivity contribution < 1.29 is 32.7 Å². The second kappa shape index (κ2) is 7.38. The topological polar surface area (TPSA) is 88.1 Å². The molecule has 0 saturated heterocycles. The molecule has 0 fully saturated rings. The summed E-state index contributed by atoms with van der Waals surface area (Å²) >= 11 is 0. The lowest BCUT2D eigenvalue weighted by Gasteiger charge is -2.20. The molecule has 0 aliphatic carbocycles. The number of hydrogen-bond acceptors (Lipinski definition) is 7. The van der Waals surface area contributed by atoms with Gasteiger partial charge in [0.2, 0.25) is 13.6 Å². The maximum Gasteiger partial charge on any atom is 0.333 e. The van der Waals surface area contributed by atoms with Gasteiger partial charge in [0.1, 0.15) is 0 Å². The Kier molecular flexibility index (Phi) is 7.06. The Morgan fingerprint density at radius 2 is 1.10 bits per heavy atom. The Morgan fingerprint density at radius 1 is 0.810 bits per heavy atom. The Morgan fingerprint density at radius 3 is 1.33 bits per heavy atom. The minimum Gasteiger partial charge on any atom is -0.438 e. The van der Waals surface area contributed by atoms with Gasteiger partial charge in [0.15, 0.2) is 0 Å². The highest BCUT2D eigenvalue weighted by atomic mass is 31.2. The SMILES string of the molecule is CC(C)(C)C(=O)OCOP(C)(=O)OCOC(=O)C(C)(C)C. The summed E-state index contributed by atoms with van der Waals surface area (Å²) in [5.41, 5.74) is -1.35. The van der Waals surface area contributed by atoms with Crippen molar-refractivity contribution in [2.45, 2.75) is 41.5 Å². The minimum atomic E-state index is -3.46. The number of carbonyl (C=O) groups excluding carboxylic acids is 2. The van der Waals surface area contributed by atoms with E-state index in [1.54, 1.807) is 41.5 Å². The molecule has 0 aromatic carbocycles. The molecule has 0 spiro atoms. The first-order chi connectivity index (χ1) is 9.26. The van der Waals surface area contributed by atoms with Crippen LogP contribution in [-0.2, 0) is 32.7 Å². The highest BCUT2D eigenvalue weighted by Gasteiger charge is 2.26. The van der Waals surface area contributed by atoms with E-state index < -0.39 is 44.0 Å². The van der Waals surface area contributed by atoms with Crippen LogP contribution in [0.25, 0.3) is 0 Å². The van der Waals surface area contributed by atoms with Gasteiger partial charge >= 0.3 is 19.5 Å². The van der Waals surface area contributed by atoms with Gasteiger partial charge in [-0.05, 0) is 41.5 Å². The number of rotatable bonds is 6. The maximum atomic E-state index is 11.8. The van der Waals surface area contributed by atoms with Crippen molar-refractivity contribution in [1.82, 2.24) is 0 Å². The van der Waals surface area contributed by atoms with Crippen LogP contribution in [0.2, 0.25) is 0 Å². The van der Waals surface area contributed by atoms with Crippen molar-refractivity contribution in [2.75, 3.05) is 20.3 Å². The molecule has 0 N–H and O–H groups in total. The lowest BCUT2D eigenvalue weighted by atomic mass is 9.98. The van der Waals surface area contributed by atoms with Crippen molar-refractivity contribution in [2.24, 2.45) is 10.8 Å². The number of hydrogen-bond donors (Lipinski definition) is 0. The van der Waals surface area contributed by atoms with Crippen molar-refractivity contribution in [3.8, 4) is 0 Å². The zero-order valence-corrected chi connectivity index (χ0v) is 14.6. The van der Waals surface area contributed by atoms with Crippen LogP contribution in [0.3, 0.4) is 0 Å². The lowest BCUT2D eigenvalue weighted by Crippen LogP contribution is -2.24. The summed E-state index contributed by atoms with van der Waals surface area (Å²) in [4.78, 5) is 22.9. The molecule has 0 rings (SSSR count). The van der Waals surface area contributed by atoms with Crippen LogP contribution in [0.1, 0.15) is 41.5 Å². The third-order valence-corrected chi connectivity index (χ3v) is 3.33. The van der Waals surface area contributed by atoms with E-state index in [9.17, 15) is 14.2 Å². The molecule has 0 aromatic rings. The minimum absolute atomic E-state index is 0.485. The Hall–Kier alpha value is -0.910. The molecule has 0 atom stereocenters. The van der Waals surface area contributed by atoms with Crippen molar-refractivity contribution in [3.63, 3.8) is 0 Å². The largest absolute Gasteiger partial charge is 0.438 e.